The third-order valence-electron chi connectivity index (χ3n) is 4.02. The van der Waals surface area contributed by atoms with Crippen LogP contribution in [0.2, 0.25) is 0 Å². The fourth-order valence-corrected chi connectivity index (χ4v) is 2.78. The van der Waals surface area contributed by atoms with Crippen LogP contribution in [0, 0.1) is 18.3 Å². The number of hydrogen-bond donors (Lipinski definition) is 2. The predicted octanol–water partition coefficient (Wildman–Crippen LogP) is 1.69. The Morgan fingerprint density at radius 1 is 1.43 bits per heavy atom. The van der Waals surface area contributed by atoms with E-state index < -0.39 is 0 Å². The summed E-state index contributed by atoms with van der Waals surface area (Å²) in [7, 11) is 1.85. The monoisotopic (exact) mass is 291 g/mol. The Labute approximate surface area is 126 Å². The van der Waals surface area contributed by atoms with Gasteiger partial charge in [0.05, 0.1) is 11.8 Å². The highest BCUT2D eigenvalue weighted by Crippen LogP contribution is 2.20. The van der Waals surface area contributed by atoms with E-state index in [-0.39, 0.29) is 0 Å². The van der Waals surface area contributed by atoms with Crippen molar-refractivity contribution in [2.45, 2.75) is 51.2 Å². The van der Waals surface area contributed by atoms with Crippen LogP contribution in [0.5, 0.6) is 0 Å². The average molecular weight is 291 g/mol. The SMILES string of the molecule is Cc1nn(C)c(NCCCOC2CCC(N)CC2)c1C#N. The number of aryl methyl sites for hydroxylation is 2. The Hall–Kier alpha value is -1.58. The summed E-state index contributed by atoms with van der Waals surface area (Å²) in [4.78, 5) is 0. The Kier molecular flexibility index (Phi) is 5.59. The lowest BCUT2D eigenvalue weighted by Gasteiger charge is -2.26. The first-order chi connectivity index (χ1) is 10.1. The molecule has 2 rings (SSSR count). The zero-order valence-corrected chi connectivity index (χ0v) is 12.9. The molecule has 6 nitrogen and oxygen atoms in total. The van der Waals surface area contributed by atoms with Gasteiger partial charge in [-0.3, -0.25) is 4.68 Å². The molecular formula is C15H25N5O. The maximum absolute atomic E-state index is 9.13. The highest BCUT2D eigenvalue weighted by molar-refractivity contribution is 5.54. The number of ether oxygens (including phenoxy) is 1. The van der Waals surface area contributed by atoms with E-state index in [9.17, 15) is 0 Å². The molecule has 0 bridgehead atoms. The summed E-state index contributed by atoms with van der Waals surface area (Å²) in [6.07, 6.45) is 5.59. The molecule has 1 fully saturated rings. The molecular weight excluding hydrogens is 266 g/mol. The van der Waals surface area contributed by atoms with Crippen LogP contribution >= 0.6 is 0 Å². The number of rotatable bonds is 6. The summed E-state index contributed by atoms with van der Waals surface area (Å²) in [5, 5.41) is 16.7. The van der Waals surface area contributed by atoms with E-state index in [0.717, 1.165) is 56.8 Å². The second-order valence-electron chi connectivity index (χ2n) is 5.73. The fourth-order valence-electron chi connectivity index (χ4n) is 2.78. The molecule has 21 heavy (non-hydrogen) atoms. The molecule has 1 aliphatic rings. The lowest BCUT2D eigenvalue weighted by atomic mass is 9.94. The number of anilines is 1. The number of nitrogens with one attached hydrogen (secondary N) is 1. The highest BCUT2D eigenvalue weighted by Gasteiger charge is 2.18. The van der Waals surface area contributed by atoms with Crippen molar-refractivity contribution >= 4 is 5.82 Å². The van der Waals surface area contributed by atoms with Crippen molar-refractivity contribution in [2.75, 3.05) is 18.5 Å². The molecule has 1 aliphatic carbocycles. The third kappa shape index (κ3) is 4.19. The first kappa shape index (κ1) is 15.8. The second kappa shape index (κ2) is 7.43. The van der Waals surface area contributed by atoms with Gasteiger partial charge in [-0.1, -0.05) is 0 Å². The summed E-state index contributed by atoms with van der Waals surface area (Å²) in [6, 6.07) is 2.56. The smallest absolute Gasteiger partial charge is 0.142 e. The first-order valence-corrected chi connectivity index (χ1v) is 7.66. The Balaban J connectivity index is 1.67. The first-order valence-electron chi connectivity index (χ1n) is 7.66. The molecule has 0 saturated heterocycles. The molecule has 0 aromatic carbocycles. The Morgan fingerprint density at radius 2 is 2.14 bits per heavy atom. The zero-order chi connectivity index (χ0) is 15.2. The molecule has 0 radical (unpaired) electrons. The molecule has 0 amide bonds. The summed E-state index contributed by atoms with van der Waals surface area (Å²) in [5.41, 5.74) is 7.27. The minimum Gasteiger partial charge on any atom is -0.378 e. The van der Waals surface area contributed by atoms with E-state index in [1.807, 2.05) is 14.0 Å². The molecule has 3 N–H and O–H groups in total. The van der Waals surface area contributed by atoms with Crippen molar-refractivity contribution in [2.24, 2.45) is 12.8 Å². The summed E-state index contributed by atoms with van der Waals surface area (Å²) < 4.78 is 7.60. The molecule has 116 valence electrons. The van der Waals surface area contributed by atoms with Crippen molar-refractivity contribution in [1.82, 2.24) is 9.78 Å². The van der Waals surface area contributed by atoms with Gasteiger partial charge < -0.3 is 15.8 Å². The topological polar surface area (TPSA) is 88.9 Å². The highest BCUT2D eigenvalue weighted by atomic mass is 16.5. The van der Waals surface area contributed by atoms with E-state index in [4.69, 9.17) is 15.7 Å². The minimum absolute atomic E-state index is 0.365. The average Bonchev–Trinajstić information content (AvgIpc) is 2.74. The van der Waals surface area contributed by atoms with Gasteiger partial charge in [-0.25, -0.2) is 0 Å². The molecule has 1 saturated carbocycles. The maximum atomic E-state index is 9.13. The normalized spacial score (nSPS) is 22.0. The molecule has 6 heteroatoms. The summed E-state index contributed by atoms with van der Waals surface area (Å²) >= 11 is 0. The molecule has 0 aliphatic heterocycles. The fraction of sp³-hybridized carbons (Fsp3) is 0.733. The quantitative estimate of drug-likeness (QED) is 0.779. The van der Waals surface area contributed by atoms with Crippen LogP contribution in [0.15, 0.2) is 0 Å². The third-order valence-corrected chi connectivity index (χ3v) is 4.02. The Bertz CT molecular complexity index is 497. The Morgan fingerprint density at radius 3 is 2.81 bits per heavy atom. The van der Waals surface area contributed by atoms with Crippen molar-refractivity contribution in [3.8, 4) is 6.07 Å². The van der Waals surface area contributed by atoms with Crippen LogP contribution < -0.4 is 11.1 Å². The lowest BCUT2D eigenvalue weighted by Crippen LogP contribution is -2.30. The molecule has 0 spiro atoms. The molecule has 0 unspecified atom stereocenters. The van der Waals surface area contributed by atoms with E-state index in [2.05, 4.69) is 16.5 Å². The number of aromatic nitrogens is 2. The number of nitrogens with zero attached hydrogens (tertiary/aromatic N) is 3. The van der Waals surface area contributed by atoms with Gasteiger partial charge >= 0.3 is 0 Å². The summed E-state index contributed by atoms with van der Waals surface area (Å²) in [6.45, 7) is 3.37. The van der Waals surface area contributed by atoms with Crippen molar-refractivity contribution in [3.05, 3.63) is 11.3 Å². The standard InChI is InChI=1S/C15H25N5O/c1-11-14(10-16)15(20(2)19-11)18-8-3-9-21-13-6-4-12(17)5-7-13/h12-13,18H,3-9,17H2,1-2H3. The van der Waals surface area contributed by atoms with E-state index in [1.54, 1.807) is 4.68 Å². The van der Waals surface area contributed by atoms with Crippen molar-refractivity contribution in [3.63, 3.8) is 0 Å². The van der Waals surface area contributed by atoms with Gasteiger partial charge in [0, 0.05) is 26.2 Å². The van der Waals surface area contributed by atoms with Crippen molar-refractivity contribution < 1.29 is 4.74 Å². The van der Waals surface area contributed by atoms with Gasteiger partial charge in [-0.15, -0.1) is 0 Å². The number of nitriles is 1. The van der Waals surface area contributed by atoms with Gasteiger partial charge in [0.2, 0.25) is 0 Å². The maximum Gasteiger partial charge on any atom is 0.142 e. The minimum atomic E-state index is 0.365. The van der Waals surface area contributed by atoms with Gasteiger partial charge in [-0.2, -0.15) is 10.4 Å². The van der Waals surface area contributed by atoms with Crippen LogP contribution in [-0.4, -0.2) is 35.1 Å². The van der Waals surface area contributed by atoms with E-state index >= 15 is 0 Å². The molecule has 1 aromatic rings. The van der Waals surface area contributed by atoms with Crippen LogP contribution in [0.3, 0.4) is 0 Å². The number of nitrogens with two attached hydrogens (primary N) is 1. The number of hydrogen-bond acceptors (Lipinski definition) is 5. The van der Waals surface area contributed by atoms with Gasteiger partial charge in [0.15, 0.2) is 0 Å². The van der Waals surface area contributed by atoms with Crippen LogP contribution in [-0.2, 0) is 11.8 Å². The second-order valence-corrected chi connectivity index (χ2v) is 5.73. The largest absolute Gasteiger partial charge is 0.378 e. The van der Waals surface area contributed by atoms with Gasteiger partial charge in [0.25, 0.3) is 0 Å². The summed E-state index contributed by atoms with van der Waals surface area (Å²) in [5.74, 6) is 0.790. The van der Waals surface area contributed by atoms with E-state index in [1.165, 1.54) is 0 Å². The molecule has 0 atom stereocenters. The molecule has 1 heterocycles. The van der Waals surface area contributed by atoms with Gasteiger partial charge in [-0.05, 0) is 39.0 Å². The van der Waals surface area contributed by atoms with Crippen LogP contribution in [0.1, 0.15) is 43.4 Å². The zero-order valence-electron chi connectivity index (χ0n) is 12.9. The predicted molar refractivity (Wildman–Crippen MR) is 82.0 cm³/mol. The van der Waals surface area contributed by atoms with Crippen LogP contribution in [0.25, 0.3) is 0 Å². The lowest BCUT2D eigenvalue weighted by molar-refractivity contribution is 0.0251. The molecule has 1 aromatic heterocycles. The van der Waals surface area contributed by atoms with Gasteiger partial charge in [0.1, 0.15) is 17.5 Å². The van der Waals surface area contributed by atoms with Crippen molar-refractivity contribution in [1.29, 1.82) is 5.26 Å². The van der Waals surface area contributed by atoms with Crippen LogP contribution in [0.4, 0.5) is 5.82 Å². The van der Waals surface area contributed by atoms with E-state index in [0.29, 0.717) is 17.7 Å².